The van der Waals surface area contributed by atoms with E-state index < -0.39 is 10.8 Å². The summed E-state index contributed by atoms with van der Waals surface area (Å²) < 4.78 is 13.0. The van der Waals surface area contributed by atoms with Crippen molar-refractivity contribution in [2.75, 3.05) is 31.9 Å². The summed E-state index contributed by atoms with van der Waals surface area (Å²) in [6, 6.07) is 39.3. The lowest BCUT2D eigenvalue weighted by molar-refractivity contribution is -0.130. The number of hydrogen-bond acceptors (Lipinski definition) is 3. The molecule has 1 heterocycles. The molecule has 5 rings (SSSR count). The smallest absolute Gasteiger partial charge is 0.235 e. The van der Waals surface area contributed by atoms with Crippen molar-refractivity contribution in [2.45, 2.75) is 17.4 Å². The lowest BCUT2D eigenvalue weighted by atomic mass is 9.96. The van der Waals surface area contributed by atoms with Gasteiger partial charge in [0.25, 0.3) is 0 Å². The molecule has 1 aliphatic rings. The standard InChI is InChI=1S/C32H32N2O2S/c35-31(25-37(36)30-18-16-27(17-19-30)24-26-10-4-1-5-11-26)33-20-22-34(23-21-33)32(28-12-6-2-7-13-28)29-14-8-3-9-15-29/h1-19,32H,20-25H2. The van der Waals surface area contributed by atoms with Crippen molar-refractivity contribution in [2.24, 2.45) is 0 Å². The first-order valence-corrected chi connectivity index (χ1v) is 14.1. The molecule has 4 aromatic carbocycles. The Balaban J connectivity index is 1.18. The highest BCUT2D eigenvalue weighted by molar-refractivity contribution is 7.85. The van der Waals surface area contributed by atoms with Crippen LogP contribution in [0.25, 0.3) is 0 Å². The van der Waals surface area contributed by atoms with E-state index in [1.807, 2.05) is 59.5 Å². The summed E-state index contributed by atoms with van der Waals surface area (Å²) in [7, 11) is -1.35. The zero-order valence-electron chi connectivity index (χ0n) is 20.9. The molecule has 1 saturated heterocycles. The molecule has 1 fully saturated rings. The highest BCUT2D eigenvalue weighted by Gasteiger charge is 2.28. The first kappa shape index (κ1) is 25.1. The SMILES string of the molecule is O=C(CS(=O)c1ccc(Cc2ccccc2)cc1)N1CCN(C(c2ccccc2)c2ccccc2)CC1. The van der Waals surface area contributed by atoms with Crippen molar-refractivity contribution < 1.29 is 9.00 Å². The monoisotopic (exact) mass is 508 g/mol. The molecule has 0 radical (unpaired) electrons. The maximum Gasteiger partial charge on any atom is 0.235 e. The molecule has 5 heteroatoms. The van der Waals surface area contributed by atoms with Crippen LogP contribution in [0.3, 0.4) is 0 Å². The Morgan fingerprint density at radius 2 is 1.14 bits per heavy atom. The van der Waals surface area contributed by atoms with Crippen molar-refractivity contribution in [3.8, 4) is 0 Å². The molecule has 0 N–H and O–H groups in total. The van der Waals surface area contributed by atoms with Gasteiger partial charge in [0.15, 0.2) is 0 Å². The Bertz CT molecular complexity index is 1260. The predicted octanol–water partition coefficient (Wildman–Crippen LogP) is 5.32. The van der Waals surface area contributed by atoms with Crippen LogP contribution < -0.4 is 0 Å². The molecule has 1 amide bonds. The Labute approximate surface area is 222 Å². The molecule has 1 atom stereocenters. The molecule has 0 aromatic heterocycles. The molecular formula is C32H32N2O2S. The highest BCUT2D eigenvalue weighted by atomic mass is 32.2. The second-order valence-corrected chi connectivity index (χ2v) is 10.9. The summed E-state index contributed by atoms with van der Waals surface area (Å²) in [6.07, 6.45) is 0.837. The topological polar surface area (TPSA) is 40.6 Å². The van der Waals surface area contributed by atoms with E-state index in [2.05, 4.69) is 65.6 Å². The molecule has 4 nitrogen and oxygen atoms in total. The van der Waals surface area contributed by atoms with Crippen molar-refractivity contribution in [3.05, 3.63) is 138 Å². The fourth-order valence-corrected chi connectivity index (χ4v) is 6.00. The Morgan fingerprint density at radius 3 is 1.68 bits per heavy atom. The number of rotatable bonds is 8. The average Bonchev–Trinajstić information content (AvgIpc) is 2.96. The van der Waals surface area contributed by atoms with Gasteiger partial charge in [-0.25, -0.2) is 0 Å². The summed E-state index contributed by atoms with van der Waals surface area (Å²) in [5.41, 5.74) is 4.92. The van der Waals surface area contributed by atoms with Crippen LogP contribution in [0.5, 0.6) is 0 Å². The van der Waals surface area contributed by atoms with Crippen LogP contribution in [0.1, 0.15) is 28.3 Å². The quantitative estimate of drug-likeness (QED) is 0.324. The van der Waals surface area contributed by atoms with Crippen molar-refractivity contribution in [3.63, 3.8) is 0 Å². The van der Waals surface area contributed by atoms with Gasteiger partial charge in [0.1, 0.15) is 5.75 Å². The lowest BCUT2D eigenvalue weighted by Crippen LogP contribution is -2.50. The van der Waals surface area contributed by atoms with Gasteiger partial charge >= 0.3 is 0 Å². The number of piperazine rings is 1. The van der Waals surface area contributed by atoms with Gasteiger partial charge in [-0.05, 0) is 40.8 Å². The average molecular weight is 509 g/mol. The molecule has 0 aliphatic carbocycles. The Kier molecular flexibility index (Phi) is 8.24. The maximum absolute atomic E-state index is 13.0. The zero-order chi connectivity index (χ0) is 25.5. The maximum atomic E-state index is 13.0. The van der Waals surface area contributed by atoms with E-state index in [4.69, 9.17) is 0 Å². The molecule has 0 bridgehead atoms. The minimum atomic E-state index is -1.35. The second kappa shape index (κ2) is 12.1. The highest BCUT2D eigenvalue weighted by Crippen LogP contribution is 2.29. The normalized spacial score (nSPS) is 15.0. The van der Waals surface area contributed by atoms with E-state index in [-0.39, 0.29) is 17.7 Å². The van der Waals surface area contributed by atoms with Crippen molar-refractivity contribution >= 4 is 16.7 Å². The third-order valence-electron chi connectivity index (χ3n) is 6.95. The third-order valence-corrected chi connectivity index (χ3v) is 8.26. The number of carbonyl (C=O) groups is 1. The van der Waals surface area contributed by atoms with E-state index in [0.717, 1.165) is 19.5 Å². The molecule has 188 valence electrons. The third kappa shape index (κ3) is 6.43. The molecule has 37 heavy (non-hydrogen) atoms. The number of carbonyl (C=O) groups excluding carboxylic acids is 1. The summed E-state index contributed by atoms with van der Waals surface area (Å²) in [4.78, 5) is 18.0. The van der Waals surface area contributed by atoms with Crippen LogP contribution in [-0.4, -0.2) is 51.8 Å². The molecule has 0 spiro atoms. The van der Waals surface area contributed by atoms with Crippen LogP contribution in [0.15, 0.2) is 120 Å². The van der Waals surface area contributed by atoms with E-state index >= 15 is 0 Å². The number of nitrogens with zero attached hydrogens (tertiary/aromatic N) is 2. The number of benzene rings is 4. The van der Waals surface area contributed by atoms with Gasteiger partial charge in [0, 0.05) is 31.1 Å². The van der Waals surface area contributed by atoms with Crippen LogP contribution >= 0.6 is 0 Å². The van der Waals surface area contributed by atoms with Crippen LogP contribution in [-0.2, 0) is 22.0 Å². The van der Waals surface area contributed by atoms with Gasteiger partial charge in [0.05, 0.1) is 16.8 Å². The van der Waals surface area contributed by atoms with E-state index in [0.29, 0.717) is 18.0 Å². The summed E-state index contributed by atoms with van der Waals surface area (Å²) in [6.45, 7) is 2.84. The Hall–Kier alpha value is -3.54. The first-order chi connectivity index (χ1) is 18.2. The minimum absolute atomic E-state index is 0.0266. The zero-order valence-corrected chi connectivity index (χ0v) is 21.7. The van der Waals surface area contributed by atoms with E-state index in [9.17, 15) is 9.00 Å². The molecule has 1 aliphatic heterocycles. The van der Waals surface area contributed by atoms with Gasteiger partial charge in [-0.15, -0.1) is 0 Å². The number of amides is 1. The largest absolute Gasteiger partial charge is 0.339 e. The fourth-order valence-electron chi connectivity index (χ4n) is 4.99. The van der Waals surface area contributed by atoms with Crippen LogP contribution in [0.4, 0.5) is 0 Å². The van der Waals surface area contributed by atoms with Gasteiger partial charge in [0.2, 0.25) is 5.91 Å². The van der Waals surface area contributed by atoms with Gasteiger partial charge in [-0.1, -0.05) is 103 Å². The van der Waals surface area contributed by atoms with Crippen molar-refractivity contribution in [1.82, 2.24) is 9.80 Å². The van der Waals surface area contributed by atoms with Gasteiger partial charge < -0.3 is 4.90 Å². The molecular weight excluding hydrogens is 476 g/mol. The second-order valence-electron chi connectivity index (χ2n) is 9.44. The fraction of sp³-hybridized carbons (Fsp3) is 0.219. The lowest BCUT2D eigenvalue weighted by Gasteiger charge is -2.39. The van der Waals surface area contributed by atoms with Crippen LogP contribution in [0, 0.1) is 0 Å². The van der Waals surface area contributed by atoms with Gasteiger partial charge in [-0.3, -0.25) is 13.9 Å². The van der Waals surface area contributed by atoms with E-state index in [1.165, 1.54) is 22.3 Å². The Morgan fingerprint density at radius 1 is 0.649 bits per heavy atom. The van der Waals surface area contributed by atoms with Crippen molar-refractivity contribution in [1.29, 1.82) is 0 Å². The molecule has 1 unspecified atom stereocenters. The summed E-state index contributed by atoms with van der Waals surface area (Å²) in [5.74, 6) is -0.0129. The number of hydrogen-bond donors (Lipinski definition) is 0. The first-order valence-electron chi connectivity index (χ1n) is 12.8. The minimum Gasteiger partial charge on any atom is -0.339 e. The van der Waals surface area contributed by atoms with E-state index in [1.54, 1.807) is 0 Å². The summed E-state index contributed by atoms with van der Waals surface area (Å²) >= 11 is 0. The molecule has 0 saturated carbocycles. The summed E-state index contributed by atoms with van der Waals surface area (Å²) in [5, 5.41) is 0. The van der Waals surface area contributed by atoms with Gasteiger partial charge in [-0.2, -0.15) is 0 Å². The molecule has 4 aromatic rings. The van der Waals surface area contributed by atoms with Crippen LogP contribution in [0.2, 0.25) is 0 Å². The predicted molar refractivity (Wildman–Crippen MR) is 150 cm³/mol.